The molecule has 0 bridgehead atoms. The maximum atomic E-state index is 12.3. The number of amides is 1. The molecule has 0 unspecified atom stereocenters. The van der Waals surface area contributed by atoms with E-state index in [-0.39, 0.29) is 18.4 Å². The summed E-state index contributed by atoms with van der Waals surface area (Å²) in [6.45, 7) is 5.31. The van der Waals surface area contributed by atoms with E-state index in [1.165, 1.54) is 19.3 Å². The second-order valence-electron chi connectivity index (χ2n) is 5.65. The fraction of sp³-hybridized carbons (Fsp3) is 0.529. The number of methoxy groups -OCH3 is 1. The van der Waals surface area contributed by atoms with Crippen molar-refractivity contribution in [3.8, 4) is 0 Å². The first-order valence-corrected chi connectivity index (χ1v) is 7.98. The minimum atomic E-state index is -0.458. The SMILES string of the molecule is COC(=O)/C=C/CNC(=O)c1c(C)nc(C2CCOCC2)nc1C. The van der Waals surface area contributed by atoms with Gasteiger partial charge in [-0.05, 0) is 26.7 Å². The number of aryl methyl sites for hydroxylation is 2. The predicted octanol–water partition coefficient (Wildman–Crippen LogP) is 1.45. The van der Waals surface area contributed by atoms with Crippen molar-refractivity contribution < 1.29 is 19.1 Å². The summed E-state index contributed by atoms with van der Waals surface area (Å²) in [6, 6.07) is 0. The van der Waals surface area contributed by atoms with Crippen LogP contribution in [0, 0.1) is 13.8 Å². The third kappa shape index (κ3) is 4.61. The number of carbonyl (C=O) groups is 2. The van der Waals surface area contributed by atoms with Crippen LogP contribution >= 0.6 is 0 Å². The van der Waals surface area contributed by atoms with E-state index in [2.05, 4.69) is 20.0 Å². The number of hydrogen-bond acceptors (Lipinski definition) is 6. The van der Waals surface area contributed by atoms with Crippen LogP contribution in [0.25, 0.3) is 0 Å². The summed E-state index contributed by atoms with van der Waals surface area (Å²) in [4.78, 5) is 32.4. The highest BCUT2D eigenvalue weighted by Gasteiger charge is 2.22. The standard InChI is InChI=1S/C17H23N3O4/c1-11-15(17(22)18-8-4-5-14(21)23-3)12(2)20-16(19-11)13-6-9-24-10-7-13/h4-5,13H,6-10H2,1-3H3,(H,18,22)/b5-4+. The molecular formula is C17H23N3O4. The molecule has 1 fully saturated rings. The van der Waals surface area contributed by atoms with Crippen molar-refractivity contribution in [2.75, 3.05) is 26.9 Å². The third-order valence-electron chi connectivity index (χ3n) is 3.94. The van der Waals surface area contributed by atoms with Gasteiger partial charge in [0.2, 0.25) is 0 Å². The van der Waals surface area contributed by atoms with Crippen molar-refractivity contribution in [3.63, 3.8) is 0 Å². The Morgan fingerprint density at radius 3 is 2.46 bits per heavy atom. The molecular weight excluding hydrogens is 310 g/mol. The Morgan fingerprint density at radius 1 is 1.25 bits per heavy atom. The van der Waals surface area contributed by atoms with E-state index >= 15 is 0 Å². The lowest BCUT2D eigenvalue weighted by atomic mass is 9.98. The van der Waals surface area contributed by atoms with Crippen LogP contribution in [-0.2, 0) is 14.3 Å². The molecule has 1 aliphatic rings. The summed E-state index contributed by atoms with van der Waals surface area (Å²) in [6.07, 6.45) is 4.61. The highest BCUT2D eigenvalue weighted by Crippen LogP contribution is 2.25. The molecule has 0 spiro atoms. The Labute approximate surface area is 141 Å². The highest BCUT2D eigenvalue weighted by molar-refractivity contribution is 5.96. The van der Waals surface area contributed by atoms with Gasteiger partial charge in [-0.25, -0.2) is 14.8 Å². The Hall–Kier alpha value is -2.28. The van der Waals surface area contributed by atoms with E-state index in [1.54, 1.807) is 0 Å². The fourth-order valence-electron chi connectivity index (χ4n) is 2.67. The molecule has 0 radical (unpaired) electrons. The van der Waals surface area contributed by atoms with Crippen LogP contribution in [0.5, 0.6) is 0 Å². The van der Waals surface area contributed by atoms with Crippen molar-refractivity contribution in [2.45, 2.75) is 32.6 Å². The quantitative estimate of drug-likeness (QED) is 0.648. The van der Waals surface area contributed by atoms with Crippen molar-refractivity contribution in [1.29, 1.82) is 0 Å². The summed E-state index contributed by atoms with van der Waals surface area (Å²) >= 11 is 0. The van der Waals surface area contributed by atoms with Gasteiger partial charge in [0.1, 0.15) is 5.82 Å². The molecule has 1 N–H and O–H groups in total. The van der Waals surface area contributed by atoms with Gasteiger partial charge >= 0.3 is 5.97 Å². The average molecular weight is 333 g/mol. The van der Waals surface area contributed by atoms with E-state index in [0.29, 0.717) is 17.0 Å². The van der Waals surface area contributed by atoms with Crippen LogP contribution < -0.4 is 5.32 Å². The summed E-state index contributed by atoms with van der Waals surface area (Å²) in [5, 5.41) is 2.73. The minimum absolute atomic E-state index is 0.231. The molecule has 0 aliphatic carbocycles. The minimum Gasteiger partial charge on any atom is -0.466 e. The van der Waals surface area contributed by atoms with Gasteiger partial charge in [0.15, 0.2) is 0 Å². The van der Waals surface area contributed by atoms with Gasteiger partial charge in [-0.2, -0.15) is 0 Å². The first-order chi connectivity index (χ1) is 11.5. The molecule has 0 saturated carbocycles. The monoisotopic (exact) mass is 333 g/mol. The number of aromatic nitrogens is 2. The lowest BCUT2D eigenvalue weighted by Crippen LogP contribution is -2.27. The molecule has 7 nitrogen and oxygen atoms in total. The van der Waals surface area contributed by atoms with Crippen molar-refractivity contribution in [1.82, 2.24) is 15.3 Å². The van der Waals surface area contributed by atoms with Crippen molar-refractivity contribution in [3.05, 3.63) is 34.9 Å². The number of carbonyl (C=O) groups excluding carboxylic acids is 2. The van der Waals surface area contributed by atoms with E-state index in [1.807, 2.05) is 13.8 Å². The van der Waals surface area contributed by atoms with Gasteiger partial charge in [0.05, 0.1) is 24.1 Å². The number of hydrogen-bond donors (Lipinski definition) is 1. The van der Waals surface area contributed by atoms with Gasteiger partial charge in [-0.3, -0.25) is 4.79 Å². The second kappa shape index (κ2) is 8.54. The molecule has 130 valence electrons. The van der Waals surface area contributed by atoms with Crippen LogP contribution in [0.3, 0.4) is 0 Å². The predicted molar refractivity (Wildman–Crippen MR) is 87.8 cm³/mol. The molecule has 2 heterocycles. The molecule has 1 aromatic rings. The van der Waals surface area contributed by atoms with Gasteiger partial charge in [0.25, 0.3) is 5.91 Å². The number of ether oxygens (including phenoxy) is 2. The number of nitrogens with one attached hydrogen (secondary N) is 1. The Kier molecular flexibility index (Phi) is 6.43. The van der Waals surface area contributed by atoms with Crippen molar-refractivity contribution >= 4 is 11.9 Å². The number of esters is 1. The van der Waals surface area contributed by atoms with Gasteiger partial charge in [-0.15, -0.1) is 0 Å². The average Bonchev–Trinajstić information content (AvgIpc) is 2.58. The molecule has 1 amide bonds. The summed E-state index contributed by atoms with van der Waals surface area (Å²) < 4.78 is 9.85. The molecule has 0 atom stereocenters. The zero-order valence-corrected chi connectivity index (χ0v) is 14.3. The molecule has 1 aliphatic heterocycles. The topological polar surface area (TPSA) is 90.4 Å². The van der Waals surface area contributed by atoms with Gasteiger partial charge in [-0.1, -0.05) is 6.08 Å². The summed E-state index contributed by atoms with van der Waals surface area (Å²) in [5.74, 6) is 0.366. The third-order valence-corrected chi connectivity index (χ3v) is 3.94. The van der Waals surface area contributed by atoms with Crippen LogP contribution in [0.4, 0.5) is 0 Å². The largest absolute Gasteiger partial charge is 0.466 e. The van der Waals surface area contributed by atoms with Crippen LogP contribution in [-0.4, -0.2) is 48.7 Å². The maximum Gasteiger partial charge on any atom is 0.330 e. The smallest absolute Gasteiger partial charge is 0.330 e. The molecule has 1 aromatic heterocycles. The molecule has 2 rings (SSSR count). The Bertz CT molecular complexity index is 614. The number of rotatable bonds is 5. The molecule has 7 heteroatoms. The van der Waals surface area contributed by atoms with Gasteiger partial charge < -0.3 is 14.8 Å². The highest BCUT2D eigenvalue weighted by atomic mass is 16.5. The Morgan fingerprint density at radius 2 is 1.88 bits per heavy atom. The van der Waals surface area contributed by atoms with E-state index in [0.717, 1.165) is 31.9 Å². The van der Waals surface area contributed by atoms with E-state index < -0.39 is 5.97 Å². The first kappa shape index (κ1) is 18.1. The van der Waals surface area contributed by atoms with Crippen LogP contribution in [0.2, 0.25) is 0 Å². The molecule has 24 heavy (non-hydrogen) atoms. The molecule has 0 aromatic carbocycles. The van der Waals surface area contributed by atoms with E-state index in [9.17, 15) is 9.59 Å². The molecule has 1 saturated heterocycles. The lowest BCUT2D eigenvalue weighted by Gasteiger charge is -2.22. The zero-order valence-electron chi connectivity index (χ0n) is 14.3. The maximum absolute atomic E-state index is 12.3. The lowest BCUT2D eigenvalue weighted by molar-refractivity contribution is -0.134. The second-order valence-corrected chi connectivity index (χ2v) is 5.65. The summed E-state index contributed by atoms with van der Waals surface area (Å²) in [5.41, 5.74) is 1.81. The van der Waals surface area contributed by atoms with Gasteiger partial charge in [0, 0.05) is 31.8 Å². The first-order valence-electron chi connectivity index (χ1n) is 7.98. The normalized spacial score (nSPS) is 15.5. The van der Waals surface area contributed by atoms with Crippen molar-refractivity contribution in [2.24, 2.45) is 0 Å². The fourth-order valence-corrected chi connectivity index (χ4v) is 2.67. The number of nitrogens with zero attached hydrogens (tertiary/aromatic N) is 2. The summed E-state index contributed by atoms with van der Waals surface area (Å²) in [7, 11) is 1.30. The van der Waals surface area contributed by atoms with E-state index in [4.69, 9.17) is 4.74 Å². The zero-order chi connectivity index (χ0) is 17.5. The van der Waals surface area contributed by atoms with Crippen LogP contribution in [0.1, 0.15) is 46.3 Å². The van der Waals surface area contributed by atoms with Crippen LogP contribution in [0.15, 0.2) is 12.2 Å². The Balaban J connectivity index is 2.05.